The number of hydrogen-bond acceptors (Lipinski definition) is 26. The van der Waals surface area contributed by atoms with Crippen molar-refractivity contribution in [3.05, 3.63) is 0 Å². The third-order valence-corrected chi connectivity index (χ3v) is 9.51. The summed E-state index contributed by atoms with van der Waals surface area (Å²) in [4.78, 5) is 125. The molecule has 0 aromatic rings. The fourth-order valence-corrected chi connectivity index (χ4v) is 7.24. The number of alkyl halides is 1. The lowest BCUT2D eigenvalue weighted by molar-refractivity contribution is -0.380. The van der Waals surface area contributed by atoms with Crippen LogP contribution in [0.15, 0.2) is 0 Å². The molecular formula is C40H55BrO26. The Morgan fingerprint density at radius 3 is 0.896 bits per heavy atom. The number of carbonyl (C=O) groups excluding carboxylic acids is 10. The Morgan fingerprint density at radius 2 is 0.597 bits per heavy atom. The molecule has 378 valence electrons. The molecule has 0 aromatic heterocycles. The van der Waals surface area contributed by atoms with Gasteiger partial charge in [0.15, 0.2) is 61.6 Å². The predicted molar refractivity (Wildman–Crippen MR) is 214 cm³/mol. The van der Waals surface area contributed by atoms with Crippen molar-refractivity contribution in [3.63, 3.8) is 0 Å². The van der Waals surface area contributed by atoms with Crippen LogP contribution >= 0.6 is 15.9 Å². The topological polar surface area (TPSA) is 318 Å². The van der Waals surface area contributed by atoms with Gasteiger partial charge in [0.25, 0.3) is 0 Å². The molecular weight excluding hydrogens is 976 g/mol. The van der Waals surface area contributed by atoms with Crippen LogP contribution in [0.1, 0.15) is 69.2 Å². The molecule has 0 amide bonds. The van der Waals surface area contributed by atoms with E-state index in [0.29, 0.717) is 0 Å². The van der Waals surface area contributed by atoms with Gasteiger partial charge in [-0.3, -0.25) is 47.9 Å². The molecule has 26 nitrogen and oxygen atoms in total. The second kappa shape index (κ2) is 26.5. The lowest BCUT2D eigenvalue weighted by Crippen LogP contribution is -2.69. The maximum Gasteiger partial charge on any atom is 0.303 e. The van der Waals surface area contributed by atoms with Gasteiger partial charge in [0, 0.05) is 74.6 Å². The molecule has 3 aliphatic heterocycles. The lowest BCUT2D eigenvalue weighted by Gasteiger charge is -2.50. The number of hydrogen-bond donors (Lipinski definition) is 0. The van der Waals surface area contributed by atoms with Crippen molar-refractivity contribution in [2.24, 2.45) is 0 Å². The Morgan fingerprint density at radius 1 is 0.343 bits per heavy atom. The number of ether oxygens (including phenoxy) is 16. The molecule has 0 radical (unpaired) electrons. The van der Waals surface area contributed by atoms with Crippen LogP contribution in [0, 0.1) is 0 Å². The summed E-state index contributed by atoms with van der Waals surface area (Å²) >= 11 is 3.22. The SMILES string of the molecule is CC(=O)OC[C@H]1O[C@@H](O[C@@H]2[C@H](OC(C)=O)[C@@H](OC(C)=O)[C@H](O[C@H]3[C@H](OC(C)=O)[C@@H](OC(C)=O)[C@@H](OCCBr)O[C@@H]3COC(C)=O)O[C@@H]2COC(C)=O)[C@H](OC(C)=O)[C@@H](OC(C)=O)[C@H]1OC(C)=O. The average Bonchev–Trinajstić information content (AvgIpc) is 3.19. The standard InChI is InChI=1S/C40H55BrO26/c1-16(42)53-13-26-29(56-19(4)45)32(57-20(5)46)36(61-24(9)50)39(64-26)67-31-28(15-55-18(3)44)65-40(37(62-25(10)51)34(31)59-22(7)48)66-30-27(14-54-17(2)43)63-38(52-12-11-41)35(60-23(8)49)33(30)58-21(6)47/h26-40H,11-15H2,1-10H3/t26-,27-,28-,29+,30-,31+,32+,33+,34+,35-,36-,37-,38+,39+,40+/m1/s1. The Kier molecular flexibility index (Phi) is 22.2. The summed E-state index contributed by atoms with van der Waals surface area (Å²) in [5, 5.41) is 0.258. The third kappa shape index (κ3) is 17.5. The summed E-state index contributed by atoms with van der Waals surface area (Å²) in [5.74, 6) is -9.32. The van der Waals surface area contributed by atoms with Gasteiger partial charge in [-0.25, -0.2) is 0 Å². The van der Waals surface area contributed by atoms with Gasteiger partial charge in [-0.2, -0.15) is 0 Å². The molecule has 3 heterocycles. The third-order valence-electron chi connectivity index (χ3n) is 9.18. The number of halogens is 1. The molecule has 0 aliphatic carbocycles. The van der Waals surface area contributed by atoms with E-state index >= 15 is 0 Å². The van der Waals surface area contributed by atoms with Crippen LogP contribution in [0.2, 0.25) is 0 Å². The smallest absolute Gasteiger partial charge is 0.303 e. The largest absolute Gasteiger partial charge is 0.463 e. The summed E-state index contributed by atoms with van der Waals surface area (Å²) in [7, 11) is 0. The minimum atomic E-state index is -1.99. The number of rotatable bonds is 20. The highest BCUT2D eigenvalue weighted by Crippen LogP contribution is 2.38. The average molecular weight is 1030 g/mol. The van der Waals surface area contributed by atoms with E-state index in [1.54, 1.807) is 0 Å². The van der Waals surface area contributed by atoms with Gasteiger partial charge < -0.3 is 75.8 Å². The molecule has 3 saturated heterocycles. The van der Waals surface area contributed by atoms with Gasteiger partial charge in [0.1, 0.15) is 50.3 Å². The zero-order chi connectivity index (χ0) is 50.3. The van der Waals surface area contributed by atoms with Crippen LogP contribution in [0.4, 0.5) is 0 Å². The Labute approximate surface area is 391 Å². The molecule has 67 heavy (non-hydrogen) atoms. The van der Waals surface area contributed by atoms with Gasteiger partial charge in [0.2, 0.25) is 0 Å². The van der Waals surface area contributed by atoms with Gasteiger partial charge >= 0.3 is 59.7 Å². The normalized spacial score (nSPS) is 31.4. The highest BCUT2D eigenvalue weighted by atomic mass is 79.9. The Hall–Kier alpha value is -5.06. The number of esters is 10. The van der Waals surface area contributed by atoms with Crippen LogP contribution in [0.25, 0.3) is 0 Å². The predicted octanol–water partition coefficient (Wildman–Crippen LogP) is -0.446. The Bertz CT molecular complexity index is 1790. The first-order valence-electron chi connectivity index (χ1n) is 20.5. The van der Waals surface area contributed by atoms with E-state index in [4.69, 9.17) is 75.8 Å². The monoisotopic (exact) mass is 1030 g/mol. The van der Waals surface area contributed by atoms with Crippen molar-refractivity contribution >= 4 is 75.6 Å². The fourth-order valence-electron chi connectivity index (χ4n) is 7.05. The molecule has 27 heteroatoms. The van der Waals surface area contributed by atoms with Gasteiger partial charge in [-0.15, -0.1) is 0 Å². The van der Waals surface area contributed by atoms with Gasteiger partial charge in [0.05, 0.1) is 6.61 Å². The van der Waals surface area contributed by atoms with E-state index in [1.807, 2.05) is 0 Å². The van der Waals surface area contributed by atoms with E-state index in [9.17, 15) is 47.9 Å². The first-order chi connectivity index (χ1) is 31.4. The van der Waals surface area contributed by atoms with E-state index in [0.717, 1.165) is 69.2 Å². The minimum absolute atomic E-state index is 0.0376. The first-order valence-corrected chi connectivity index (χ1v) is 21.6. The molecule has 0 N–H and O–H groups in total. The van der Waals surface area contributed by atoms with Crippen molar-refractivity contribution in [1.82, 2.24) is 0 Å². The van der Waals surface area contributed by atoms with E-state index in [-0.39, 0.29) is 11.9 Å². The van der Waals surface area contributed by atoms with Crippen molar-refractivity contribution in [1.29, 1.82) is 0 Å². The molecule has 3 rings (SSSR count). The van der Waals surface area contributed by atoms with Crippen LogP contribution in [0.5, 0.6) is 0 Å². The van der Waals surface area contributed by atoms with Gasteiger partial charge in [-0.05, 0) is 0 Å². The molecule has 0 saturated carbocycles. The molecule has 0 aromatic carbocycles. The molecule has 0 bridgehead atoms. The van der Waals surface area contributed by atoms with Crippen molar-refractivity contribution in [3.8, 4) is 0 Å². The molecule has 0 unspecified atom stereocenters. The zero-order valence-corrected chi connectivity index (χ0v) is 39.8. The maximum atomic E-state index is 13.0. The first kappa shape index (κ1) is 56.3. The van der Waals surface area contributed by atoms with Gasteiger partial charge in [-0.1, -0.05) is 15.9 Å². The van der Waals surface area contributed by atoms with Crippen LogP contribution < -0.4 is 0 Å². The van der Waals surface area contributed by atoms with E-state index in [2.05, 4.69) is 15.9 Å². The van der Waals surface area contributed by atoms with Crippen LogP contribution in [-0.2, 0) is 124 Å². The molecule has 3 fully saturated rings. The molecule has 15 atom stereocenters. The molecule has 0 spiro atoms. The molecule has 3 aliphatic rings. The second-order valence-electron chi connectivity index (χ2n) is 14.8. The minimum Gasteiger partial charge on any atom is -0.463 e. The summed E-state index contributed by atoms with van der Waals surface area (Å²) in [6.45, 7) is 8.00. The summed E-state index contributed by atoms with van der Waals surface area (Å²) < 4.78 is 91.8. The Balaban J connectivity index is 2.30. The zero-order valence-electron chi connectivity index (χ0n) is 38.2. The fraction of sp³-hybridized carbons (Fsp3) is 0.750. The lowest BCUT2D eigenvalue weighted by atomic mass is 9.95. The van der Waals surface area contributed by atoms with Crippen molar-refractivity contribution < 1.29 is 124 Å². The second-order valence-corrected chi connectivity index (χ2v) is 15.6. The quantitative estimate of drug-likeness (QED) is 0.0847. The van der Waals surface area contributed by atoms with E-state index in [1.165, 1.54) is 0 Å². The maximum absolute atomic E-state index is 13.0. The summed E-state index contributed by atoms with van der Waals surface area (Å²) in [5.41, 5.74) is 0. The highest BCUT2D eigenvalue weighted by molar-refractivity contribution is 9.09. The van der Waals surface area contributed by atoms with E-state index < -0.39 is 172 Å². The highest BCUT2D eigenvalue weighted by Gasteiger charge is 2.60. The van der Waals surface area contributed by atoms with Crippen LogP contribution in [0.3, 0.4) is 0 Å². The van der Waals surface area contributed by atoms with Crippen molar-refractivity contribution in [2.45, 2.75) is 161 Å². The summed E-state index contributed by atoms with van der Waals surface area (Å²) in [6.07, 6.45) is -26.0. The summed E-state index contributed by atoms with van der Waals surface area (Å²) in [6, 6.07) is 0. The number of carbonyl (C=O) groups is 10. The van der Waals surface area contributed by atoms with Crippen molar-refractivity contribution in [2.75, 3.05) is 31.8 Å². The van der Waals surface area contributed by atoms with Crippen LogP contribution in [-0.4, -0.2) is 184 Å².